The van der Waals surface area contributed by atoms with Crippen molar-refractivity contribution in [2.75, 3.05) is 26.4 Å². The van der Waals surface area contributed by atoms with Gasteiger partial charge >= 0.3 is 6.03 Å². The average Bonchev–Trinajstić information content (AvgIpc) is 2.73. The second kappa shape index (κ2) is 9.24. The van der Waals surface area contributed by atoms with E-state index in [0.717, 1.165) is 51.6 Å². The quantitative estimate of drug-likeness (QED) is 0.539. The van der Waals surface area contributed by atoms with Crippen molar-refractivity contribution >= 4 is 24.2 Å². The van der Waals surface area contributed by atoms with Crippen molar-refractivity contribution in [3.63, 3.8) is 0 Å². The predicted octanol–water partition coefficient (Wildman–Crippen LogP) is 5.00. The van der Waals surface area contributed by atoms with E-state index in [-0.39, 0.29) is 11.4 Å². The van der Waals surface area contributed by atoms with E-state index < -0.39 is 0 Å². The zero-order valence-corrected chi connectivity index (χ0v) is 17.8. The first-order chi connectivity index (χ1) is 13.0. The van der Waals surface area contributed by atoms with E-state index in [1.807, 2.05) is 18.2 Å². The van der Waals surface area contributed by atoms with E-state index in [1.165, 1.54) is 5.56 Å². The fourth-order valence-electron chi connectivity index (χ4n) is 4.38. The predicted molar refractivity (Wildman–Crippen MR) is 116 cm³/mol. The largest absolute Gasteiger partial charge is 0.343 e. The summed E-state index contributed by atoms with van der Waals surface area (Å²) in [6.45, 7) is 4.47. The van der Waals surface area contributed by atoms with Gasteiger partial charge in [0.15, 0.2) is 0 Å². The summed E-state index contributed by atoms with van der Waals surface area (Å²) >= 11 is 1.80. The highest BCUT2D eigenvalue weighted by Gasteiger charge is 2.32. The average molecular weight is 388 g/mol. The van der Waals surface area contributed by atoms with Gasteiger partial charge in [-0.15, -0.1) is 0 Å². The summed E-state index contributed by atoms with van der Waals surface area (Å²) in [6, 6.07) is 11.1. The highest BCUT2D eigenvalue weighted by atomic mass is 32.2. The molecule has 1 saturated carbocycles. The maximum Gasteiger partial charge on any atom is 0.343 e. The lowest BCUT2D eigenvalue weighted by atomic mass is 9.68. The summed E-state index contributed by atoms with van der Waals surface area (Å²) < 4.78 is 2.36. The van der Waals surface area contributed by atoms with Crippen LogP contribution in [0.5, 0.6) is 0 Å². The number of carbonyl (C=O) groups is 1. The van der Waals surface area contributed by atoms with Crippen LogP contribution in [0.25, 0.3) is 0 Å². The molecule has 2 aliphatic rings. The van der Waals surface area contributed by atoms with E-state index in [1.54, 1.807) is 11.9 Å². The third-order valence-electron chi connectivity index (χ3n) is 6.53. The Hall–Kier alpha value is -1.33. The van der Waals surface area contributed by atoms with Crippen LogP contribution in [0.4, 0.5) is 4.79 Å². The summed E-state index contributed by atoms with van der Waals surface area (Å²) in [5.41, 5.74) is 1.70. The fourth-order valence-corrected chi connectivity index (χ4v) is 4.96. The highest BCUT2D eigenvalue weighted by Crippen LogP contribution is 2.40. The third-order valence-corrected chi connectivity index (χ3v) is 7.41. The Morgan fingerprint density at radius 1 is 1.19 bits per heavy atom. The number of nitrogens with zero attached hydrogens (tertiary/aromatic N) is 3. The molecule has 1 saturated heterocycles. The minimum atomic E-state index is -0.0750. The van der Waals surface area contributed by atoms with Crippen molar-refractivity contribution in [2.45, 2.75) is 56.9 Å². The Bertz CT molecular complexity index is 632. The van der Waals surface area contributed by atoms with Crippen LogP contribution in [0.15, 0.2) is 35.3 Å². The molecule has 0 spiro atoms. The van der Waals surface area contributed by atoms with Crippen LogP contribution in [0.2, 0.25) is 0 Å². The van der Waals surface area contributed by atoms with Crippen molar-refractivity contribution < 1.29 is 4.79 Å². The molecular formula is C22H33N3OS. The molecule has 2 fully saturated rings. The summed E-state index contributed by atoms with van der Waals surface area (Å²) in [5, 5.41) is 0. The van der Waals surface area contributed by atoms with Crippen LogP contribution >= 0.6 is 11.9 Å². The van der Waals surface area contributed by atoms with E-state index in [0.29, 0.717) is 12.0 Å². The number of urea groups is 1. The molecule has 0 atom stereocenters. The topological polar surface area (TPSA) is 35.9 Å². The molecule has 3 rings (SSSR count). The van der Waals surface area contributed by atoms with Crippen LogP contribution in [-0.4, -0.2) is 53.9 Å². The summed E-state index contributed by atoms with van der Waals surface area (Å²) in [6.07, 6.45) is 10.7. The lowest BCUT2D eigenvalue weighted by Crippen LogP contribution is -2.43. The molecule has 4 nitrogen and oxygen atoms in total. The van der Waals surface area contributed by atoms with Gasteiger partial charge in [0, 0.05) is 32.4 Å². The molecule has 1 aliphatic heterocycles. The number of aliphatic imine (C=N–C) groups is 1. The molecule has 1 aromatic rings. The smallest absolute Gasteiger partial charge is 0.323 e. The van der Waals surface area contributed by atoms with Crippen LogP contribution in [-0.2, 0) is 5.41 Å². The molecule has 148 valence electrons. The van der Waals surface area contributed by atoms with Gasteiger partial charge in [0.05, 0.1) is 0 Å². The second-order valence-electron chi connectivity index (χ2n) is 8.28. The van der Waals surface area contributed by atoms with Crippen LogP contribution in [0.1, 0.15) is 51.0 Å². The number of rotatable bonds is 4. The Labute approximate surface area is 168 Å². The number of hydrogen-bond acceptors (Lipinski definition) is 3. The molecule has 1 heterocycles. The summed E-state index contributed by atoms with van der Waals surface area (Å²) in [4.78, 5) is 18.7. The molecule has 0 radical (unpaired) electrons. The standard InChI is InChI=1S/C22H33N3OS/c1-22(19-7-5-4-6-8-19)13-9-18(10-14-22)17-23-21(26)24(2)20-11-15-25(27-3)16-12-20/h4-8,17-18,20H,9-16H2,1-3H3/b23-17+. The molecular weight excluding hydrogens is 354 g/mol. The minimum Gasteiger partial charge on any atom is -0.323 e. The molecule has 0 bridgehead atoms. The number of hydrogen-bond donors (Lipinski definition) is 0. The van der Waals surface area contributed by atoms with Gasteiger partial charge in [-0.2, -0.15) is 0 Å². The van der Waals surface area contributed by atoms with Gasteiger partial charge in [-0.05, 0) is 61.7 Å². The first-order valence-electron chi connectivity index (χ1n) is 10.2. The normalized spacial score (nSPS) is 27.7. The second-order valence-corrected chi connectivity index (χ2v) is 9.16. The van der Waals surface area contributed by atoms with Crippen molar-refractivity contribution in [3.8, 4) is 0 Å². The highest BCUT2D eigenvalue weighted by molar-refractivity contribution is 7.96. The van der Waals surface area contributed by atoms with Crippen molar-refractivity contribution in [3.05, 3.63) is 35.9 Å². The van der Waals surface area contributed by atoms with E-state index in [9.17, 15) is 4.79 Å². The Morgan fingerprint density at radius 3 is 2.41 bits per heavy atom. The van der Waals surface area contributed by atoms with Crippen LogP contribution in [0, 0.1) is 5.92 Å². The van der Waals surface area contributed by atoms with Crippen molar-refractivity contribution in [2.24, 2.45) is 10.9 Å². The first-order valence-corrected chi connectivity index (χ1v) is 11.4. The van der Waals surface area contributed by atoms with Crippen LogP contribution in [0.3, 0.4) is 0 Å². The van der Waals surface area contributed by atoms with Gasteiger partial charge in [-0.3, -0.25) is 4.31 Å². The number of carbonyl (C=O) groups excluding carboxylic acids is 1. The van der Waals surface area contributed by atoms with Crippen molar-refractivity contribution in [1.82, 2.24) is 9.21 Å². The molecule has 27 heavy (non-hydrogen) atoms. The van der Waals surface area contributed by atoms with Gasteiger partial charge in [0.25, 0.3) is 0 Å². The lowest BCUT2D eigenvalue weighted by molar-refractivity contribution is 0.173. The number of amides is 2. The third kappa shape index (κ3) is 5.14. The molecule has 0 unspecified atom stereocenters. The zero-order chi connectivity index (χ0) is 19.3. The number of benzene rings is 1. The summed E-state index contributed by atoms with van der Waals surface area (Å²) in [7, 11) is 1.91. The van der Waals surface area contributed by atoms with E-state index in [2.05, 4.69) is 52.8 Å². The molecule has 2 amide bonds. The maximum absolute atomic E-state index is 12.5. The van der Waals surface area contributed by atoms with Gasteiger partial charge in [-0.25, -0.2) is 9.79 Å². The molecule has 1 aromatic carbocycles. The number of piperidine rings is 1. The lowest BCUT2D eigenvalue weighted by Gasteiger charge is -2.37. The van der Waals surface area contributed by atoms with Gasteiger partial charge in [0.2, 0.25) is 0 Å². The molecule has 5 heteroatoms. The Kier molecular flexibility index (Phi) is 6.99. The molecule has 0 N–H and O–H groups in total. The fraction of sp³-hybridized carbons (Fsp3) is 0.636. The Morgan fingerprint density at radius 2 is 1.81 bits per heavy atom. The van der Waals surface area contributed by atoms with Gasteiger partial charge < -0.3 is 4.90 Å². The maximum atomic E-state index is 12.5. The molecule has 1 aliphatic carbocycles. The minimum absolute atomic E-state index is 0.0750. The molecule has 0 aromatic heterocycles. The summed E-state index contributed by atoms with van der Waals surface area (Å²) in [5.74, 6) is 0.428. The van der Waals surface area contributed by atoms with Crippen molar-refractivity contribution in [1.29, 1.82) is 0 Å². The SMILES string of the molecule is CSN1CCC(N(C)C(=O)/N=C/C2CCC(C)(c3ccccc3)CC2)CC1. The zero-order valence-electron chi connectivity index (χ0n) is 16.9. The van der Waals surface area contributed by atoms with Gasteiger partial charge in [0.1, 0.15) is 0 Å². The monoisotopic (exact) mass is 387 g/mol. The van der Waals surface area contributed by atoms with E-state index in [4.69, 9.17) is 0 Å². The van der Waals surface area contributed by atoms with E-state index >= 15 is 0 Å². The first kappa shape index (κ1) is 20.4. The van der Waals surface area contributed by atoms with Crippen LogP contribution < -0.4 is 0 Å². The van der Waals surface area contributed by atoms with Gasteiger partial charge in [-0.1, -0.05) is 49.2 Å². The Balaban J connectivity index is 1.48.